The molecule has 0 saturated heterocycles. The lowest BCUT2D eigenvalue weighted by Gasteiger charge is -2.18. The summed E-state index contributed by atoms with van der Waals surface area (Å²) in [6, 6.07) is 9.88. The Bertz CT molecular complexity index is 1230. The first kappa shape index (κ1) is 24.6. The maximum Gasteiger partial charge on any atom is 0.163 e. The van der Waals surface area contributed by atoms with Gasteiger partial charge in [-0.15, -0.1) is 0 Å². The number of phenolic OH excluding ortho intramolecular Hbond substituents is 2. The zero-order valence-electron chi connectivity index (χ0n) is 16.6. The van der Waals surface area contributed by atoms with E-state index in [0.29, 0.717) is 34.2 Å². The van der Waals surface area contributed by atoms with Crippen molar-refractivity contribution < 1.29 is 19.7 Å². The van der Waals surface area contributed by atoms with Crippen LogP contribution in [0.25, 0.3) is 21.8 Å². The molecular weight excluding hydrogens is 587 g/mol. The molecule has 0 saturated carbocycles. The lowest BCUT2D eigenvalue weighted by atomic mass is 10.2. The van der Waals surface area contributed by atoms with Gasteiger partial charge in [0.15, 0.2) is 23.0 Å². The Labute approximate surface area is 211 Å². The second kappa shape index (κ2) is 11.7. The van der Waals surface area contributed by atoms with Gasteiger partial charge in [-0.25, -0.2) is 0 Å². The molecule has 0 spiro atoms. The molecule has 168 valence electrons. The van der Waals surface area contributed by atoms with Crippen molar-refractivity contribution in [2.75, 3.05) is 23.9 Å². The van der Waals surface area contributed by atoms with Crippen LogP contribution in [0.5, 0.6) is 23.0 Å². The van der Waals surface area contributed by atoms with E-state index in [9.17, 15) is 10.2 Å². The first-order chi connectivity index (χ1) is 15.4. The number of hydrogen-bond acceptors (Lipinski definition) is 6. The molecule has 0 bridgehead atoms. The summed E-state index contributed by atoms with van der Waals surface area (Å²) in [4.78, 5) is 8.22. The number of halogens is 4. The number of aromatic nitrogens is 2. The van der Waals surface area contributed by atoms with Crippen molar-refractivity contribution in [3.05, 3.63) is 58.8 Å². The van der Waals surface area contributed by atoms with Crippen molar-refractivity contribution in [3.8, 4) is 23.0 Å². The third kappa shape index (κ3) is 6.07. The molecule has 0 radical (unpaired) electrons. The van der Waals surface area contributed by atoms with E-state index in [-0.39, 0.29) is 11.5 Å². The van der Waals surface area contributed by atoms with E-state index >= 15 is 0 Å². The number of pyridine rings is 2. The molecule has 0 unspecified atom stereocenters. The minimum atomic E-state index is -0.192. The molecule has 4 aromatic rings. The molecule has 2 aromatic heterocycles. The molecule has 2 N–H and O–H groups in total. The Morgan fingerprint density at radius 3 is 1.78 bits per heavy atom. The predicted octanol–water partition coefficient (Wildman–Crippen LogP) is 6.74. The maximum absolute atomic E-state index is 9.21. The van der Waals surface area contributed by atoms with Crippen LogP contribution < -0.4 is 9.47 Å². The minimum Gasteiger partial charge on any atom is -0.504 e. The van der Waals surface area contributed by atoms with E-state index in [1.54, 1.807) is 24.5 Å². The lowest BCUT2D eigenvalue weighted by Crippen LogP contribution is -2.15. The fourth-order valence-electron chi connectivity index (χ4n) is 2.79. The van der Waals surface area contributed by atoms with Crippen LogP contribution in [0.2, 0.25) is 10.0 Å². The van der Waals surface area contributed by atoms with E-state index in [0.717, 1.165) is 33.1 Å². The molecule has 3 heterocycles. The Morgan fingerprint density at radius 2 is 1.22 bits per heavy atom. The van der Waals surface area contributed by atoms with E-state index in [4.69, 9.17) is 32.7 Å². The molecule has 1 aliphatic heterocycles. The maximum atomic E-state index is 9.21. The van der Waals surface area contributed by atoms with Crippen LogP contribution in [-0.2, 0) is 0 Å². The molecule has 1 aliphatic rings. The highest BCUT2D eigenvalue weighted by Crippen LogP contribution is 2.36. The van der Waals surface area contributed by atoms with Gasteiger partial charge in [0.1, 0.15) is 13.2 Å². The van der Waals surface area contributed by atoms with E-state index in [1.807, 2.05) is 12.1 Å². The molecule has 5 rings (SSSR count). The normalized spacial score (nSPS) is 11.9. The zero-order chi connectivity index (χ0) is 23.1. The molecule has 6 nitrogen and oxygen atoms in total. The Kier molecular flexibility index (Phi) is 9.04. The Hall–Kier alpha value is -2.00. The standard InChI is InChI=1S/C11H8ClNO2.C9H6ClNO2.C2H4Br2/c12-8-1-2-13-9-6-11-10(5-7(8)9)14-3-4-15-11;10-6-1-2-11-7-4-9(13)8(12)3-5(6)7;3-1-2-4/h1-2,5-6H,3-4H2;1-4,12-13H;1-2H2. The van der Waals surface area contributed by atoms with Gasteiger partial charge in [-0.3, -0.25) is 9.97 Å². The topological polar surface area (TPSA) is 84.7 Å². The summed E-state index contributed by atoms with van der Waals surface area (Å²) in [7, 11) is 0. The number of phenols is 2. The SMILES string of the molecule is BrCCBr.Clc1ccnc2cc3c(cc12)OCCO3.Oc1cc2nccc(Cl)c2cc1O. The predicted molar refractivity (Wildman–Crippen MR) is 135 cm³/mol. The van der Waals surface area contributed by atoms with Gasteiger partial charge in [0.25, 0.3) is 0 Å². The number of hydrogen-bond donors (Lipinski definition) is 2. The van der Waals surface area contributed by atoms with Crippen LogP contribution in [0, 0.1) is 0 Å². The second-order valence-electron chi connectivity index (χ2n) is 6.33. The largest absolute Gasteiger partial charge is 0.504 e. The highest BCUT2D eigenvalue weighted by molar-refractivity contribution is 9.11. The highest BCUT2D eigenvalue weighted by atomic mass is 79.9. The van der Waals surface area contributed by atoms with Crippen LogP contribution >= 0.6 is 55.1 Å². The van der Waals surface area contributed by atoms with Crippen molar-refractivity contribution >= 4 is 76.9 Å². The molecular formula is C22H18Br2Cl2N2O4. The van der Waals surface area contributed by atoms with Gasteiger partial charge in [-0.1, -0.05) is 55.1 Å². The summed E-state index contributed by atoms with van der Waals surface area (Å²) in [5.74, 6) is 1.09. The molecule has 0 amide bonds. The van der Waals surface area contributed by atoms with Crippen LogP contribution in [0.1, 0.15) is 0 Å². The highest BCUT2D eigenvalue weighted by Gasteiger charge is 2.14. The second-order valence-corrected chi connectivity index (χ2v) is 8.73. The number of benzene rings is 2. The van der Waals surface area contributed by atoms with Crippen LogP contribution in [-0.4, -0.2) is 44.1 Å². The van der Waals surface area contributed by atoms with Gasteiger partial charge in [-0.2, -0.15) is 0 Å². The first-order valence-electron chi connectivity index (χ1n) is 9.36. The van der Waals surface area contributed by atoms with Crippen molar-refractivity contribution in [3.63, 3.8) is 0 Å². The Morgan fingerprint density at radius 1 is 0.750 bits per heavy atom. The number of aromatic hydroxyl groups is 2. The van der Waals surface area contributed by atoms with Crippen LogP contribution in [0.15, 0.2) is 48.8 Å². The van der Waals surface area contributed by atoms with Crippen molar-refractivity contribution in [1.29, 1.82) is 0 Å². The summed E-state index contributed by atoms with van der Waals surface area (Å²) in [5.41, 5.74) is 1.38. The van der Waals surface area contributed by atoms with E-state index in [1.165, 1.54) is 12.1 Å². The van der Waals surface area contributed by atoms with Gasteiger partial charge < -0.3 is 19.7 Å². The molecule has 0 atom stereocenters. The Balaban J connectivity index is 0.000000157. The summed E-state index contributed by atoms with van der Waals surface area (Å²) in [6.45, 7) is 1.16. The average Bonchev–Trinajstić information content (AvgIpc) is 2.80. The van der Waals surface area contributed by atoms with Crippen molar-refractivity contribution in [1.82, 2.24) is 9.97 Å². The van der Waals surface area contributed by atoms with Gasteiger partial charge in [0.05, 0.1) is 21.1 Å². The number of rotatable bonds is 1. The molecule has 0 aliphatic carbocycles. The lowest BCUT2D eigenvalue weighted by molar-refractivity contribution is 0.172. The first-order valence-corrected chi connectivity index (χ1v) is 12.4. The fraction of sp³-hybridized carbons (Fsp3) is 0.182. The van der Waals surface area contributed by atoms with E-state index in [2.05, 4.69) is 41.8 Å². The van der Waals surface area contributed by atoms with Gasteiger partial charge >= 0.3 is 0 Å². The third-order valence-corrected chi connectivity index (χ3v) is 6.72. The number of alkyl halides is 2. The number of ether oxygens (including phenoxy) is 2. The molecule has 2 aromatic carbocycles. The van der Waals surface area contributed by atoms with Crippen LogP contribution in [0.4, 0.5) is 0 Å². The average molecular weight is 605 g/mol. The molecule has 0 fully saturated rings. The van der Waals surface area contributed by atoms with Crippen molar-refractivity contribution in [2.24, 2.45) is 0 Å². The number of nitrogens with zero attached hydrogens (tertiary/aromatic N) is 2. The summed E-state index contributed by atoms with van der Waals surface area (Å²) in [6.07, 6.45) is 3.22. The zero-order valence-corrected chi connectivity index (χ0v) is 21.2. The van der Waals surface area contributed by atoms with Crippen molar-refractivity contribution in [2.45, 2.75) is 0 Å². The van der Waals surface area contributed by atoms with Crippen LogP contribution in [0.3, 0.4) is 0 Å². The minimum absolute atomic E-state index is 0.192. The molecule has 32 heavy (non-hydrogen) atoms. The smallest absolute Gasteiger partial charge is 0.163 e. The summed E-state index contributed by atoms with van der Waals surface area (Å²) >= 11 is 18.3. The van der Waals surface area contributed by atoms with E-state index < -0.39 is 0 Å². The summed E-state index contributed by atoms with van der Waals surface area (Å²) < 4.78 is 10.9. The summed E-state index contributed by atoms with van der Waals surface area (Å²) in [5, 5.41) is 23.2. The quantitative estimate of drug-likeness (QED) is 0.185. The fourth-order valence-corrected chi connectivity index (χ4v) is 3.20. The monoisotopic (exact) mass is 602 g/mol. The van der Waals surface area contributed by atoms with Gasteiger partial charge in [0.2, 0.25) is 0 Å². The number of fused-ring (bicyclic) bond motifs is 3. The molecule has 10 heteroatoms. The van der Waals surface area contributed by atoms with Gasteiger partial charge in [0, 0.05) is 46.0 Å². The van der Waals surface area contributed by atoms with Gasteiger partial charge in [-0.05, 0) is 24.3 Å². The third-order valence-electron chi connectivity index (χ3n) is 4.21.